The molecule has 0 saturated heterocycles. The first-order valence-corrected chi connectivity index (χ1v) is 11.7. The van der Waals surface area contributed by atoms with Crippen molar-refractivity contribution in [3.63, 3.8) is 0 Å². The molecule has 3 aromatic rings. The van der Waals surface area contributed by atoms with E-state index in [1.165, 1.54) is 11.5 Å². The fourth-order valence-electron chi connectivity index (χ4n) is 4.51. The third-order valence-corrected chi connectivity index (χ3v) is 7.79. The standard InChI is InChI=1S/C24H22N2O4S2/c1-5-29-13-11-14-18-21(24(3,4)25-19(14)15(12-13)20(27)22(25)28)32-26(23(18)31)16-9-7-8-10-17(16)30-6-2/h7-12H,5-6H2,1-4H3. The molecule has 32 heavy (non-hydrogen) atoms. The number of benzene rings is 2. The largest absolute Gasteiger partial charge is 0.494 e. The van der Waals surface area contributed by atoms with E-state index in [4.69, 9.17) is 21.7 Å². The monoisotopic (exact) mass is 466 g/mol. The molecule has 1 amide bonds. The Morgan fingerprint density at radius 2 is 1.72 bits per heavy atom. The van der Waals surface area contributed by atoms with Gasteiger partial charge in [-0.25, -0.2) is 0 Å². The number of aromatic nitrogens is 1. The third kappa shape index (κ3) is 2.72. The number of carbonyl (C=O) groups excluding carboxylic acids is 2. The SMILES string of the molecule is CCOc1cc2c3c(c1)-c1c(sn(-c4ccccc4OCC)c1=S)C(C)(C)N3C(=O)C2=O. The van der Waals surface area contributed by atoms with Gasteiger partial charge in [0.25, 0.3) is 11.7 Å². The Balaban J connectivity index is 1.84. The van der Waals surface area contributed by atoms with Crippen LogP contribution in [-0.4, -0.2) is 28.9 Å². The molecule has 2 aromatic carbocycles. The summed E-state index contributed by atoms with van der Waals surface area (Å²) >= 11 is 7.45. The lowest BCUT2D eigenvalue weighted by atomic mass is 9.87. The van der Waals surface area contributed by atoms with Crippen molar-refractivity contribution >= 4 is 41.1 Å². The molecule has 0 unspecified atom stereocenters. The Bertz CT molecular complexity index is 1350. The van der Waals surface area contributed by atoms with E-state index in [0.717, 1.165) is 27.4 Å². The Morgan fingerprint density at radius 3 is 2.44 bits per heavy atom. The van der Waals surface area contributed by atoms with Gasteiger partial charge in [0.05, 0.1) is 40.6 Å². The quantitative estimate of drug-likeness (QED) is 0.366. The van der Waals surface area contributed by atoms with Crippen LogP contribution in [0.5, 0.6) is 11.5 Å². The van der Waals surface area contributed by atoms with Crippen molar-refractivity contribution in [3.05, 3.63) is 51.5 Å². The van der Waals surface area contributed by atoms with Crippen molar-refractivity contribution in [1.82, 2.24) is 3.96 Å². The van der Waals surface area contributed by atoms with Gasteiger partial charge in [0.2, 0.25) is 0 Å². The molecule has 2 aliphatic rings. The van der Waals surface area contributed by atoms with Gasteiger partial charge in [-0.1, -0.05) is 35.9 Å². The number of para-hydroxylation sites is 2. The number of amides is 1. The third-order valence-electron chi connectivity index (χ3n) is 5.84. The number of anilines is 1. The van der Waals surface area contributed by atoms with Gasteiger partial charge in [-0.2, -0.15) is 0 Å². The molecule has 6 nitrogen and oxygen atoms in total. The van der Waals surface area contributed by atoms with Gasteiger partial charge in [0, 0.05) is 11.1 Å². The smallest absolute Gasteiger partial charge is 0.300 e. The fraction of sp³-hybridized carbons (Fsp3) is 0.292. The van der Waals surface area contributed by atoms with E-state index in [0.29, 0.717) is 34.9 Å². The Kier molecular flexibility index (Phi) is 4.76. The summed E-state index contributed by atoms with van der Waals surface area (Å²) in [7, 11) is 0. The number of ketones is 1. The van der Waals surface area contributed by atoms with Gasteiger partial charge in [0.15, 0.2) is 0 Å². The zero-order valence-electron chi connectivity index (χ0n) is 18.2. The van der Waals surface area contributed by atoms with E-state index < -0.39 is 17.2 Å². The van der Waals surface area contributed by atoms with Crippen molar-refractivity contribution in [3.8, 4) is 28.3 Å². The summed E-state index contributed by atoms with van der Waals surface area (Å²) in [6.07, 6.45) is 0. The molecule has 0 fully saturated rings. The molecule has 5 rings (SSSR count). The van der Waals surface area contributed by atoms with Gasteiger partial charge < -0.3 is 9.47 Å². The van der Waals surface area contributed by atoms with E-state index in [2.05, 4.69) is 0 Å². The van der Waals surface area contributed by atoms with Crippen LogP contribution < -0.4 is 14.4 Å². The van der Waals surface area contributed by atoms with Crippen LogP contribution in [0.1, 0.15) is 42.9 Å². The lowest BCUT2D eigenvalue weighted by Gasteiger charge is -2.39. The van der Waals surface area contributed by atoms with Gasteiger partial charge in [-0.05, 0) is 52.0 Å². The second-order valence-corrected chi connectivity index (χ2v) is 9.47. The second-order valence-electron chi connectivity index (χ2n) is 8.12. The van der Waals surface area contributed by atoms with Gasteiger partial charge in [0.1, 0.15) is 16.1 Å². The average Bonchev–Trinajstić information content (AvgIpc) is 3.24. The van der Waals surface area contributed by atoms with Crippen LogP contribution in [0.4, 0.5) is 5.69 Å². The summed E-state index contributed by atoms with van der Waals surface area (Å²) in [5.74, 6) is 0.260. The van der Waals surface area contributed by atoms with Crippen LogP contribution in [-0.2, 0) is 10.3 Å². The minimum Gasteiger partial charge on any atom is -0.494 e. The highest BCUT2D eigenvalue weighted by atomic mass is 32.1. The topological polar surface area (TPSA) is 60.8 Å². The molecule has 0 saturated carbocycles. The maximum Gasteiger partial charge on any atom is 0.300 e. The number of hydrogen-bond acceptors (Lipinski definition) is 6. The molecule has 1 aromatic heterocycles. The van der Waals surface area contributed by atoms with Gasteiger partial charge in [-0.3, -0.25) is 18.4 Å². The molecular formula is C24H22N2O4S2. The van der Waals surface area contributed by atoms with Crippen molar-refractivity contribution < 1.29 is 19.1 Å². The number of carbonyl (C=O) groups is 2. The predicted molar refractivity (Wildman–Crippen MR) is 127 cm³/mol. The van der Waals surface area contributed by atoms with Crippen molar-refractivity contribution in [2.45, 2.75) is 33.2 Å². The normalized spacial score (nSPS) is 15.6. The fourth-order valence-corrected chi connectivity index (χ4v) is 6.21. The first-order valence-electron chi connectivity index (χ1n) is 10.5. The number of rotatable bonds is 5. The van der Waals surface area contributed by atoms with Crippen LogP contribution in [0.3, 0.4) is 0 Å². The summed E-state index contributed by atoms with van der Waals surface area (Å²) in [4.78, 5) is 28.5. The highest BCUT2D eigenvalue weighted by Gasteiger charge is 2.51. The summed E-state index contributed by atoms with van der Waals surface area (Å²) in [5, 5.41) is 0. The average molecular weight is 467 g/mol. The molecule has 0 aliphatic carbocycles. The Morgan fingerprint density at radius 1 is 1.03 bits per heavy atom. The van der Waals surface area contributed by atoms with Crippen LogP contribution in [0.15, 0.2) is 36.4 Å². The van der Waals surface area contributed by atoms with E-state index in [9.17, 15) is 9.59 Å². The summed E-state index contributed by atoms with van der Waals surface area (Å²) in [5.41, 5.74) is 2.72. The van der Waals surface area contributed by atoms with E-state index in [1.807, 2.05) is 62.0 Å². The van der Waals surface area contributed by atoms with Crippen molar-refractivity contribution in [2.24, 2.45) is 0 Å². The summed E-state index contributed by atoms with van der Waals surface area (Å²) in [6.45, 7) is 8.72. The molecule has 0 atom stereocenters. The van der Waals surface area contributed by atoms with E-state index in [-0.39, 0.29) is 0 Å². The number of hydrogen-bond donors (Lipinski definition) is 0. The molecule has 8 heteroatoms. The van der Waals surface area contributed by atoms with E-state index in [1.54, 1.807) is 11.0 Å². The highest BCUT2D eigenvalue weighted by Crippen LogP contribution is 2.55. The molecule has 3 heterocycles. The zero-order valence-corrected chi connectivity index (χ0v) is 19.9. The molecule has 0 N–H and O–H groups in total. The molecule has 0 radical (unpaired) electrons. The molecule has 2 aliphatic heterocycles. The number of Topliss-reactive ketones (excluding diaryl/α,β-unsaturated/α-hetero) is 1. The summed E-state index contributed by atoms with van der Waals surface area (Å²) < 4.78 is 14.2. The molecule has 0 spiro atoms. The highest BCUT2D eigenvalue weighted by molar-refractivity contribution is 7.71. The predicted octanol–water partition coefficient (Wildman–Crippen LogP) is 5.51. The molecular weight excluding hydrogens is 444 g/mol. The lowest BCUT2D eigenvalue weighted by Crippen LogP contribution is -2.46. The first kappa shape index (κ1) is 20.9. The second kappa shape index (κ2) is 7.28. The van der Waals surface area contributed by atoms with Crippen LogP contribution in [0, 0.1) is 4.64 Å². The Labute approximate surface area is 195 Å². The van der Waals surface area contributed by atoms with E-state index >= 15 is 0 Å². The lowest BCUT2D eigenvalue weighted by molar-refractivity contribution is -0.115. The minimum absolute atomic E-state index is 0.372. The molecule has 164 valence electrons. The van der Waals surface area contributed by atoms with Crippen molar-refractivity contribution in [2.75, 3.05) is 18.1 Å². The number of ether oxygens (including phenoxy) is 2. The maximum atomic E-state index is 13.1. The van der Waals surface area contributed by atoms with Gasteiger partial charge >= 0.3 is 0 Å². The van der Waals surface area contributed by atoms with Gasteiger partial charge in [-0.15, -0.1) is 0 Å². The molecule has 0 bridgehead atoms. The first-order chi connectivity index (χ1) is 15.3. The van der Waals surface area contributed by atoms with Crippen LogP contribution in [0.25, 0.3) is 16.8 Å². The van der Waals surface area contributed by atoms with Crippen LogP contribution in [0.2, 0.25) is 0 Å². The number of fused-ring (bicyclic) bond motifs is 2. The maximum absolute atomic E-state index is 13.1. The van der Waals surface area contributed by atoms with Crippen molar-refractivity contribution in [1.29, 1.82) is 0 Å². The minimum atomic E-state index is -0.739. The number of nitrogens with zero attached hydrogens (tertiary/aromatic N) is 2. The van der Waals surface area contributed by atoms with Crippen LogP contribution >= 0.6 is 23.8 Å². The summed E-state index contributed by atoms with van der Waals surface area (Å²) in [6, 6.07) is 11.3. The zero-order chi connectivity index (χ0) is 22.8. The Hall–Kier alpha value is -2.97.